The second kappa shape index (κ2) is 8.87. The van der Waals surface area contributed by atoms with Crippen molar-refractivity contribution in [2.45, 2.75) is 81.7 Å². The van der Waals surface area contributed by atoms with Crippen LogP contribution in [-0.2, 0) is 23.7 Å². The number of esters is 1. The van der Waals surface area contributed by atoms with Crippen molar-refractivity contribution in [2.24, 2.45) is 0 Å². The van der Waals surface area contributed by atoms with Crippen molar-refractivity contribution in [1.82, 2.24) is 0 Å². The quantitative estimate of drug-likeness (QED) is 0.261. The molecule has 2 aliphatic heterocycles. The van der Waals surface area contributed by atoms with Crippen LogP contribution in [-0.4, -0.2) is 105 Å². The molecule has 0 aromatic heterocycles. The number of aliphatic hydroxyl groups excluding tert-OH is 6. The van der Waals surface area contributed by atoms with Gasteiger partial charge in [-0.15, -0.1) is 0 Å². The summed E-state index contributed by atoms with van der Waals surface area (Å²) in [5.41, 5.74) is 0. The maximum absolute atomic E-state index is 10.9. The van der Waals surface area contributed by atoms with E-state index in [4.69, 9.17) is 18.9 Å². The van der Waals surface area contributed by atoms with Gasteiger partial charge in [0.25, 0.3) is 0 Å². The summed E-state index contributed by atoms with van der Waals surface area (Å²) in [5.74, 6) is -0.632. The van der Waals surface area contributed by atoms with E-state index in [1.807, 2.05) is 0 Å². The zero-order chi connectivity index (χ0) is 19.6. The lowest BCUT2D eigenvalue weighted by atomic mass is 9.97. The van der Waals surface area contributed by atoms with Crippen molar-refractivity contribution >= 4 is 5.97 Å². The van der Waals surface area contributed by atoms with Gasteiger partial charge in [0.05, 0.1) is 6.10 Å². The molecule has 10 atom stereocenters. The van der Waals surface area contributed by atoms with Crippen molar-refractivity contribution in [1.29, 1.82) is 0 Å². The minimum atomic E-state index is -1.70. The fraction of sp³-hybridized carbons (Fsp3) is 0.933. The van der Waals surface area contributed by atoms with Crippen LogP contribution >= 0.6 is 0 Å². The minimum Gasteiger partial charge on any atom is -0.463 e. The Kier molecular flexibility index (Phi) is 7.30. The van der Waals surface area contributed by atoms with E-state index in [1.165, 1.54) is 0 Å². The van der Waals surface area contributed by atoms with Gasteiger partial charge in [0.1, 0.15) is 49.3 Å². The summed E-state index contributed by atoms with van der Waals surface area (Å²) in [5, 5.41) is 59.7. The van der Waals surface area contributed by atoms with Crippen LogP contribution in [0.25, 0.3) is 0 Å². The van der Waals surface area contributed by atoms with Crippen molar-refractivity contribution in [3.8, 4) is 0 Å². The molecule has 0 aromatic rings. The van der Waals surface area contributed by atoms with Crippen molar-refractivity contribution in [2.75, 3.05) is 6.61 Å². The lowest BCUT2D eigenvalue weighted by Gasteiger charge is -2.44. The predicted molar refractivity (Wildman–Crippen MR) is 81.4 cm³/mol. The van der Waals surface area contributed by atoms with Gasteiger partial charge in [-0.1, -0.05) is 6.92 Å². The van der Waals surface area contributed by atoms with E-state index in [0.717, 1.165) is 6.92 Å². The largest absolute Gasteiger partial charge is 0.463 e. The third-order valence-corrected chi connectivity index (χ3v) is 4.46. The Morgan fingerprint density at radius 3 is 1.73 bits per heavy atom. The van der Waals surface area contributed by atoms with Gasteiger partial charge < -0.3 is 49.6 Å². The Morgan fingerprint density at radius 2 is 1.27 bits per heavy atom. The number of ether oxygens (including phenoxy) is 4. The van der Waals surface area contributed by atoms with E-state index in [1.54, 1.807) is 6.92 Å². The number of hydrogen-bond acceptors (Lipinski definition) is 11. The van der Waals surface area contributed by atoms with Crippen LogP contribution < -0.4 is 0 Å². The Hall–Kier alpha value is -0.890. The average molecular weight is 382 g/mol. The molecular formula is C15H26O11. The summed E-state index contributed by atoms with van der Waals surface area (Å²) in [6.45, 7) is 2.45. The highest BCUT2D eigenvalue weighted by Gasteiger charge is 2.49. The van der Waals surface area contributed by atoms with Crippen molar-refractivity contribution in [3.05, 3.63) is 0 Å². The molecule has 2 saturated heterocycles. The first kappa shape index (κ1) is 21.4. The average Bonchev–Trinajstić information content (AvgIpc) is 2.61. The summed E-state index contributed by atoms with van der Waals surface area (Å²) in [6.07, 6.45) is -14.1. The first-order valence-corrected chi connectivity index (χ1v) is 8.35. The Labute approximate surface area is 149 Å². The molecule has 0 saturated carbocycles. The van der Waals surface area contributed by atoms with Gasteiger partial charge >= 0.3 is 5.97 Å². The van der Waals surface area contributed by atoms with Gasteiger partial charge in [-0.3, -0.25) is 4.79 Å². The van der Waals surface area contributed by atoms with Gasteiger partial charge in [0, 0.05) is 6.92 Å². The van der Waals surface area contributed by atoms with Crippen molar-refractivity contribution in [3.63, 3.8) is 0 Å². The Morgan fingerprint density at radius 1 is 0.808 bits per heavy atom. The lowest BCUT2D eigenvalue weighted by Crippen LogP contribution is -2.63. The third kappa shape index (κ3) is 4.50. The zero-order valence-electron chi connectivity index (χ0n) is 14.4. The van der Waals surface area contributed by atoms with Gasteiger partial charge in [-0.05, 0) is 6.42 Å². The zero-order valence-corrected chi connectivity index (χ0v) is 14.4. The smallest absolute Gasteiger partial charge is 0.302 e. The normalized spacial score (nSPS) is 46.8. The molecule has 152 valence electrons. The standard InChI is InChI=1S/C15H26O11/c1-3-6-8(17)10(19)12(21)14(24-6)26-15-13(22)11(20)9(18)7(25-15)4-23-5(2)16/h6-15,17-22H,3-4H2,1-2H3/t6?,7?,8-,9-,10?,11+,12-,13?,14-,15-/m1/s1. The summed E-state index contributed by atoms with van der Waals surface area (Å²) in [6, 6.07) is 0. The molecule has 0 aliphatic carbocycles. The molecule has 2 fully saturated rings. The van der Waals surface area contributed by atoms with Crippen LogP contribution in [0.1, 0.15) is 20.3 Å². The molecule has 2 rings (SSSR count). The van der Waals surface area contributed by atoms with E-state index < -0.39 is 74.0 Å². The van der Waals surface area contributed by atoms with Gasteiger partial charge in [-0.25, -0.2) is 0 Å². The summed E-state index contributed by atoms with van der Waals surface area (Å²) in [7, 11) is 0. The third-order valence-electron chi connectivity index (χ3n) is 4.46. The van der Waals surface area contributed by atoms with E-state index in [2.05, 4.69) is 0 Å². The Bertz CT molecular complexity index is 473. The summed E-state index contributed by atoms with van der Waals surface area (Å²) >= 11 is 0. The highest BCUT2D eigenvalue weighted by atomic mass is 16.8. The number of rotatable bonds is 5. The molecule has 0 spiro atoms. The molecule has 0 bridgehead atoms. The summed E-state index contributed by atoms with van der Waals surface area (Å²) in [4.78, 5) is 10.9. The Balaban J connectivity index is 2.07. The van der Waals surface area contributed by atoms with E-state index in [-0.39, 0.29) is 0 Å². The number of aliphatic hydroxyl groups is 6. The molecule has 2 aliphatic rings. The topological polar surface area (TPSA) is 175 Å². The highest BCUT2D eigenvalue weighted by Crippen LogP contribution is 2.29. The van der Waals surface area contributed by atoms with E-state index in [0.29, 0.717) is 6.42 Å². The molecule has 26 heavy (non-hydrogen) atoms. The summed E-state index contributed by atoms with van der Waals surface area (Å²) < 4.78 is 20.8. The molecule has 0 amide bonds. The second-order valence-electron chi connectivity index (χ2n) is 6.38. The highest BCUT2D eigenvalue weighted by molar-refractivity contribution is 5.65. The van der Waals surface area contributed by atoms with E-state index >= 15 is 0 Å². The number of carbonyl (C=O) groups is 1. The van der Waals surface area contributed by atoms with Crippen LogP contribution in [0.4, 0.5) is 0 Å². The fourth-order valence-corrected chi connectivity index (χ4v) is 2.86. The molecule has 6 N–H and O–H groups in total. The van der Waals surface area contributed by atoms with Crippen LogP contribution in [0.2, 0.25) is 0 Å². The molecule has 11 nitrogen and oxygen atoms in total. The SMILES string of the molecule is CCC1O[C@H](O[C@H]2OC(COC(C)=O)[C@@H](O)[C@H](O)C2O)[C@H](O)C(O)[C@@H]1O. The van der Waals surface area contributed by atoms with Gasteiger partial charge in [-0.2, -0.15) is 0 Å². The molecule has 11 heteroatoms. The molecule has 4 unspecified atom stereocenters. The molecular weight excluding hydrogens is 356 g/mol. The van der Waals surface area contributed by atoms with Crippen LogP contribution in [0.3, 0.4) is 0 Å². The number of carbonyl (C=O) groups excluding carboxylic acids is 1. The lowest BCUT2D eigenvalue weighted by molar-refractivity contribution is -0.375. The van der Waals surface area contributed by atoms with Crippen LogP contribution in [0.5, 0.6) is 0 Å². The fourth-order valence-electron chi connectivity index (χ4n) is 2.86. The molecule has 0 radical (unpaired) electrons. The monoisotopic (exact) mass is 382 g/mol. The number of hydrogen-bond donors (Lipinski definition) is 6. The second-order valence-corrected chi connectivity index (χ2v) is 6.38. The van der Waals surface area contributed by atoms with Gasteiger partial charge in [0.2, 0.25) is 0 Å². The maximum Gasteiger partial charge on any atom is 0.302 e. The first-order chi connectivity index (χ1) is 12.2. The van der Waals surface area contributed by atoms with Gasteiger partial charge in [0.15, 0.2) is 12.6 Å². The maximum atomic E-state index is 10.9. The molecule has 2 heterocycles. The van der Waals surface area contributed by atoms with Crippen LogP contribution in [0, 0.1) is 0 Å². The predicted octanol–water partition coefficient (Wildman–Crippen LogP) is -3.41. The molecule has 0 aromatic carbocycles. The minimum absolute atomic E-state index is 0.315. The first-order valence-electron chi connectivity index (χ1n) is 8.35. The van der Waals surface area contributed by atoms with E-state index in [9.17, 15) is 35.4 Å². The van der Waals surface area contributed by atoms with Crippen molar-refractivity contribution < 1.29 is 54.4 Å². The van der Waals surface area contributed by atoms with Crippen LogP contribution in [0.15, 0.2) is 0 Å².